The highest BCUT2D eigenvalue weighted by Crippen LogP contribution is 2.28. The molecule has 4 nitrogen and oxygen atoms in total. The largest absolute Gasteiger partial charge is 0.497 e. The average Bonchev–Trinajstić information content (AvgIpc) is 2.53. The van der Waals surface area contributed by atoms with Gasteiger partial charge in [0.1, 0.15) is 11.5 Å². The Morgan fingerprint density at radius 1 is 1.05 bits per heavy atom. The van der Waals surface area contributed by atoms with Gasteiger partial charge in [0.25, 0.3) is 0 Å². The second-order valence-corrected chi connectivity index (χ2v) is 4.32. The molecule has 0 heterocycles. The second kappa shape index (κ2) is 6.21. The normalized spacial score (nSPS) is 11.8. The molecule has 0 radical (unpaired) electrons. The number of ether oxygens (including phenoxy) is 2. The number of nitrogens with two attached hydrogens (primary N) is 1. The average molecular weight is 271 g/mol. The molecule has 0 saturated carbocycles. The number of hydrogen-bond acceptors (Lipinski definition) is 4. The lowest BCUT2D eigenvalue weighted by Gasteiger charge is -2.14. The molecule has 0 aliphatic rings. The van der Waals surface area contributed by atoms with E-state index >= 15 is 0 Å². The molecule has 1 atom stereocenters. The van der Waals surface area contributed by atoms with Gasteiger partial charge in [-0.3, -0.25) is 4.79 Å². The summed E-state index contributed by atoms with van der Waals surface area (Å²) in [4.78, 5) is 12.5. The van der Waals surface area contributed by atoms with Gasteiger partial charge in [0.2, 0.25) is 0 Å². The van der Waals surface area contributed by atoms with E-state index < -0.39 is 6.04 Å². The maximum Gasteiger partial charge on any atom is 0.187 e. The van der Waals surface area contributed by atoms with Crippen LogP contribution in [0.15, 0.2) is 48.5 Å². The minimum Gasteiger partial charge on any atom is -0.497 e. The van der Waals surface area contributed by atoms with Crippen molar-refractivity contribution in [3.63, 3.8) is 0 Å². The Kier molecular flexibility index (Phi) is 4.38. The first-order valence-electron chi connectivity index (χ1n) is 6.24. The van der Waals surface area contributed by atoms with Crippen molar-refractivity contribution in [3.05, 3.63) is 59.7 Å². The van der Waals surface area contributed by atoms with Crippen LogP contribution in [0.25, 0.3) is 0 Å². The minimum atomic E-state index is -0.710. The number of Topliss-reactive ketones (excluding diaryl/α,β-unsaturated/α-hetero) is 1. The number of carbonyl (C=O) groups excluding carboxylic acids is 1. The summed E-state index contributed by atoms with van der Waals surface area (Å²) < 4.78 is 10.4. The molecule has 2 aromatic carbocycles. The molecular weight excluding hydrogens is 254 g/mol. The van der Waals surface area contributed by atoms with Crippen LogP contribution in [0.1, 0.15) is 22.0 Å². The smallest absolute Gasteiger partial charge is 0.187 e. The van der Waals surface area contributed by atoms with Crippen molar-refractivity contribution in [3.8, 4) is 11.5 Å². The van der Waals surface area contributed by atoms with E-state index in [1.54, 1.807) is 25.3 Å². The topological polar surface area (TPSA) is 61.5 Å². The molecular formula is C16H17NO3. The van der Waals surface area contributed by atoms with Gasteiger partial charge in [-0.1, -0.05) is 30.3 Å². The number of hydrogen-bond donors (Lipinski definition) is 1. The molecule has 0 fully saturated rings. The SMILES string of the molecule is COc1ccc(C(=O)[C@H](N)c2ccccc2)c(OC)c1. The van der Waals surface area contributed by atoms with Crippen LogP contribution < -0.4 is 15.2 Å². The molecule has 4 heteroatoms. The lowest BCUT2D eigenvalue weighted by Crippen LogP contribution is -2.22. The Labute approximate surface area is 118 Å². The summed E-state index contributed by atoms with van der Waals surface area (Å²) in [6, 6.07) is 13.6. The summed E-state index contributed by atoms with van der Waals surface area (Å²) >= 11 is 0. The predicted molar refractivity (Wildman–Crippen MR) is 77.2 cm³/mol. The van der Waals surface area contributed by atoms with Gasteiger partial charge in [-0.2, -0.15) is 0 Å². The third kappa shape index (κ3) is 2.81. The Morgan fingerprint density at radius 3 is 2.35 bits per heavy atom. The minimum absolute atomic E-state index is 0.185. The standard InChI is InChI=1S/C16H17NO3/c1-19-12-8-9-13(14(10-12)20-2)16(18)15(17)11-6-4-3-5-7-11/h3-10,15H,17H2,1-2H3/t15-/m1/s1. The maximum atomic E-state index is 12.5. The molecule has 20 heavy (non-hydrogen) atoms. The second-order valence-electron chi connectivity index (χ2n) is 4.32. The third-order valence-electron chi connectivity index (χ3n) is 3.12. The van der Waals surface area contributed by atoms with Gasteiger partial charge >= 0.3 is 0 Å². The van der Waals surface area contributed by atoms with Gasteiger partial charge in [0.15, 0.2) is 5.78 Å². The van der Waals surface area contributed by atoms with Crippen molar-refractivity contribution in [2.24, 2.45) is 5.73 Å². The Balaban J connectivity index is 2.33. The number of carbonyl (C=O) groups is 1. The molecule has 104 valence electrons. The number of rotatable bonds is 5. The first-order chi connectivity index (χ1) is 9.67. The van der Waals surface area contributed by atoms with E-state index in [1.807, 2.05) is 30.3 Å². The van der Waals surface area contributed by atoms with Gasteiger partial charge in [0.05, 0.1) is 25.8 Å². The zero-order chi connectivity index (χ0) is 14.5. The summed E-state index contributed by atoms with van der Waals surface area (Å²) in [5.41, 5.74) is 7.25. The Morgan fingerprint density at radius 2 is 1.75 bits per heavy atom. The van der Waals surface area contributed by atoms with Gasteiger partial charge < -0.3 is 15.2 Å². The van der Waals surface area contributed by atoms with E-state index in [2.05, 4.69) is 0 Å². The van der Waals surface area contributed by atoms with Gasteiger partial charge in [-0.15, -0.1) is 0 Å². The van der Waals surface area contributed by atoms with Crippen LogP contribution in [0, 0.1) is 0 Å². The van der Waals surface area contributed by atoms with Crippen molar-refractivity contribution < 1.29 is 14.3 Å². The van der Waals surface area contributed by atoms with Gasteiger partial charge in [0, 0.05) is 6.07 Å². The van der Waals surface area contributed by atoms with Crippen LogP contribution in [0.3, 0.4) is 0 Å². The van der Waals surface area contributed by atoms with E-state index in [0.29, 0.717) is 17.1 Å². The fourth-order valence-corrected chi connectivity index (χ4v) is 1.98. The van der Waals surface area contributed by atoms with Crippen molar-refractivity contribution in [2.75, 3.05) is 14.2 Å². The molecule has 0 spiro atoms. The summed E-state index contributed by atoms with van der Waals surface area (Å²) in [5, 5.41) is 0. The van der Waals surface area contributed by atoms with Crippen LogP contribution in [-0.4, -0.2) is 20.0 Å². The van der Waals surface area contributed by atoms with Crippen LogP contribution >= 0.6 is 0 Å². The number of methoxy groups -OCH3 is 2. The molecule has 0 aromatic heterocycles. The van der Waals surface area contributed by atoms with Gasteiger partial charge in [-0.05, 0) is 17.7 Å². The van der Waals surface area contributed by atoms with Crippen molar-refractivity contribution in [1.82, 2.24) is 0 Å². The maximum absolute atomic E-state index is 12.5. The molecule has 0 bridgehead atoms. The van der Waals surface area contributed by atoms with Gasteiger partial charge in [-0.25, -0.2) is 0 Å². The zero-order valence-electron chi connectivity index (χ0n) is 11.5. The van der Waals surface area contributed by atoms with Crippen LogP contribution in [0.2, 0.25) is 0 Å². The lowest BCUT2D eigenvalue weighted by molar-refractivity contribution is 0.0958. The molecule has 0 aliphatic heterocycles. The van der Waals surface area contributed by atoms with Crippen molar-refractivity contribution in [1.29, 1.82) is 0 Å². The molecule has 0 amide bonds. The fraction of sp³-hybridized carbons (Fsp3) is 0.188. The van der Waals surface area contributed by atoms with Crippen molar-refractivity contribution >= 4 is 5.78 Å². The van der Waals surface area contributed by atoms with E-state index in [0.717, 1.165) is 5.56 Å². The third-order valence-corrected chi connectivity index (χ3v) is 3.12. The summed E-state index contributed by atoms with van der Waals surface area (Å²) in [5.74, 6) is 0.906. The highest BCUT2D eigenvalue weighted by atomic mass is 16.5. The first-order valence-corrected chi connectivity index (χ1v) is 6.24. The lowest BCUT2D eigenvalue weighted by atomic mass is 9.97. The quantitative estimate of drug-likeness (QED) is 0.849. The van der Waals surface area contributed by atoms with E-state index in [1.165, 1.54) is 7.11 Å². The predicted octanol–water partition coefficient (Wildman–Crippen LogP) is 2.59. The summed E-state index contributed by atoms with van der Waals surface area (Å²) in [7, 11) is 3.07. The number of ketones is 1. The van der Waals surface area contributed by atoms with Crippen LogP contribution in [0.4, 0.5) is 0 Å². The monoisotopic (exact) mass is 271 g/mol. The zero-order valence-corrected chi connectivity index (χ0v) is 11.5. The Hall–Kier alpha value is -2.33. The number of benzene rings is 2. The molecule has 0 unspecified atom stereocenters. The highest BCUT2D eigenvalue weighted by Gasteiger charge is 2.21. The highest BCUT2D eigenvalue weighted by molar-refractivity contribution is 6.02. The first kappa shape index (κ1) is 14.1. The van der Waals surface area contributed by atoms with E-state index in [4.69, 9.17) is 15.2 Å². The molecule has 2 N–H and O–H groups in total. The van der Waals surface area contributed by atoms with Crippen LogP contribution in [-0.2, 0) is 0 Å². The fourth-order valence-electron chi connectivity index (χ4n) is 1.98. The molecule has 0 aliphatic carbocycles. The van der Waals surface area contributed by atoms with Crippen molar-refractivity contribution in [2.45, 2.75) is 6.04 Å². The van der Waals surface area contributed by atoms with E-state index in [9.17, 15) is 4.79 Å². The molecule has 2 aromatic rings. The van der Waals surface area contributed by atoms with Crippen LogP contribution in [0.5, 0.6) is 11.5 Å². The summed E-state index contributed by atoms with van der Waals surface area (Å²) in [6.07, 6.45) is 0. The molecule has 0 saturated heterocycles. The Bertz CT molecular complexity index is 596. The molecule has 2 rings (SSSR count). The summed E-state index contributed by atoms with van der Waals surface area (Å²) in [6.45, 7) is 0. The van der Waals surface area contributed by atoms with E-state index in [-0.39, 0.29) is 5.78 Å².